The Hall–Kier alpha value is -2.28. The summed E-state index contributed by atoms with van der Waals surface area (Å²) in [6.45, 7) is 0.535. The molecule has 2 aromatic rings. The summed E-state index contributed by atoms with van der Waals surface area (Å²) in [5.41, 5.74) is 3.65. The maximum atomic E-state index is 12.6. The number of hydrogen-bond donors (Lipinski definition) is 1. The van der Waals surface area contributed by atoms with Crippen LogP contribution in [0.15, 0.2) is 42.6 Å². The van der Waals surface area contributed by atoms with Crippen molar-refractivity contribution in [1.82, 2.24) is 4.98 Å². The molecular formula is C17H18F3N3O. The molecule has 1 heterocycles. The lowest BCUT2D eigenvalue weighted by molar-refractivity contribution is -0.137. The van der Waals surface area contributed by atoms with Gasteiger partial charge < -0.3 is 4.90 Å². The second-order valence-corrected chi connectivity index (χ2v) is 5.77. The van der Waals surface area contributed by atoms with E-state index < -0.39 is 11.7 Å². The molecule has 0 radical (unpaired) electrons. The van der Waals surface area contributed by atoms with Gasteiger partial charge in [-0.15, -0.1) is 0 Å². The number of nitrogens with one attached hydrogen (secondary N) is 1. The molecule has 1 saturated carbocycles. The zero-order valence-electron chi connectivity index (χ0n) is 13.2. The summed E-state index contributed by atoms with van der Waals surface area (Å²) in [5.74, 6) is 0.805. The van der Waals surface area contributed by atoms with Gasteiger partial charge in [-0.2, -0.15) is 13.2 Å². The van der Waals surface area contributed by atoms with E-state index in [0.29, 0.717) is 12.6 Å². The van der Waals surface area contributed by atoms with E-state index in [1.807, 2.05) is 12.1 Å². The minimum Gasteiger partial charge on any atom is -0.349 e. The maximum Gasteiger partial charge on any atom is 0.416 e. The van der Waals surface area contributed by atoms with Crippen LogP contribution in [-0.4, -0.2) is 18.1 Å². The van der Waals surface area contributed by atoms with Crippen molar-refractivity contribution >= 4 is 11.5 Å². The van der Waals surface area contributed by atoms with Gasteiger partial charge in [-0.1, -0.05) is 12.1 Å². The molecule has 1 aliphatic carbocycles. The Morgan fingerprint density at radius 2 is 1.88 bits per heavy atom. The van der Waals surface area contributed by atoms with Crippen LogP contribution in [0.5, 0.6) is 0 Å². The van der Waals surface area contributed by atoms with Crippen LogP contribution < -0.4 is 10.4 Å². The fraction of sp³-hybridized carbons (Fsp3) is 0.353. The van der Waals surface area contributed by atoms with E-state index in [9.17, 15) is 13.2 Å². The van der Waals surface area contributed by atoms with Crippen LogP contribution >= 0.6 is 0 Å². The third kappa shape index (κ3) is 3.97. The fourth-order valence-corrected chi connectivity index (χ4v) is 2.51. The smallest absolute Gasteiger partial charge is 0.349 e. The third-order valence-corrected chi connectivity index (χ3v) is 3.88. The van der Waals surface area contributed by atoms with E-state index in [1.54, 1.807) is 6.20 Å². The van der Waals surface area contributed by atoms with E-state index in [2.05, 4.69) is 15.4 Å². The highest BCUT2D eigenvalue weighted by atomic mass is 19.4. The van der Waals surface area contributed by atoms with Crippen molar-refractivity contribution in [2.24, 2.45) is 0 Å². The number of halogens is 3. The Kier molecular flexibility index (Phi) is 4.62. The van der Waals surface area contributed by atoms with Gasteiger partial charge in [0, 0.05) is 12.6 Å². The molecule has 1 aromatic carbocycles. The molecule has 0 atom stereocenters. The van der Waals surface area contributed by atoms with E-state index in [1.165, 1.54) is 19.2 Å². The SMILES string of the molecule is CONc1ccc(N(Cc2ccc(C(F)(F)F)cc2)C2CC2)nc1. The second kappa shape index (κ2) is 6.68. The van der Waals surface area contributed by atoms with Crippen molar-refractivity contribution in [3.05, 3.63) is 53.7 Å². The number of alkyl halides is 3. The summed E-state index contributed by atoms with van der Waals surface area (Å²) in [6.07, 6.45) is -0.498. The van der Waals surface area contributed by atoms with Crippen molar-refractivity contribution in [2.45, 2.75) is 31.6 Å². The van der Waals surface area contributed by atoms with Crippen LogP contribution in [0.1, 0.15) is 24.0 Å². The van der Waals surface area contributed by atoms with Crippen molar-refractivity contribution in [1.29, 1.82) is 0 Å². The molecule has 24 heavy (non-hydrogen) atoms. The van der Waals surface area contributed by atoms with Crippen LogP contribution in [0.2, 0.25) is 0 Å². The summed E-state index contributed by atoms with van der Waals surface area (Å²) in [7, 11) is 1.52. The molecule has 0 spiro atoms. The summed E-state index contributed by atoms with van der Waals surface area (Å²) < 4.78 is 37.9. The Morgan fingerprint density at radius 3 is 2.38 bits per heavy atom. The van der Waals surface area contributed by atoms with E-state index in [0.717, 1.165) is 42.0 Å². The van der Waals surface area contributed by atoms with Crippen molar-refractivity contribution in [3.8, 4) is 0 Å². The van der Waals surface area contributed by atoms with E-state index in [-0.39, 0.29) is 0 Å². The van der Waals surface area contributed by atoms with Gasteiger partial charge >= 0.3 is 6.18 Å². The van der Waals surface area contributed by atoms with Gasteiger partial charge in [0.2, 0.25) is 0 Å². The van der Waals surface area contributed by atoms with E-state index >= 15 is 0 Å². The van der Waals surface area contributed by atoms with Gasteiger partial charge in [0.05, 0.1) is 24.6 Å². The molecule has 7 heteroatoms. The Bertz CT molecular complexity index is 667. The lowest BCUT2D eigenvalue weighted by atomic mass is 10.1. The van der Waals surface area contributed by atoms with Crippen molar-refractivity contribution < 1.29 is 18.0 Å². The largest absolute Gasteiger partial charge is 0.416 e. The Morgan fingerprint density at radius 1 is 1.17 bits per heavy atom. The van der Waals surface area contributed by atoms with Crippen LogP contribution in [0.4, 0.5) is 24.7 Å². The Balaban J connectivity index is 1.74. The molecule has 128 valence electrons. The fourth-order valence-electron chi connectivity index (χ4n) is 2.51. The molecule has 0 amide bonds. The molecule has 0 unspecified atom stereocenters. The number of hydrogen-bond acceptors (Lipinski definition) is 4. The Labute approximate surface area is 138 Å². The first-order valence-electron chi connectivity index (χ1n) is 7.65. The normalized spacial score (nSPS) is 14.5. The molecule has 1 aromatic heterocycles. The van der Waals surface area contributed by atoms with Gasteiger partial charge in [0.15, 0.2) is 0 Å². The molecule has 4 nitrogen and oxygen atoms in total. The highest BCUT2D eigenvalue weighted by molar-refractivity contribution is 5.49. The van der Waals surface area contributed by atoms with Crippen LogP contribution in [-0.2, 0) is 17.6 Å². The molecule has 0 bridgehead atoms. The standard InChI is InChI=1S/C17H18F3N3O/c1-24-22-14-6-9-16(21-10-14)23(15-7-8-15)11-12-2-4-13(5-3-12)17(18,19)20/h2-6,9-10,15,22H,7-8,11H2,1H3. The third-order valence-electron chi connectivity index (χ3n) is 3.88. The lowest BCUT2D eigenvalue weighted by Crippen LogP contribution is -2.26. The summed E-state index contributed by atoms with van der Waals surface area (Å²) in [6, 6.07) is 9.43. The number of nitrogens with zero attached hydrogens (tertiary/aromatic N) is 2. The first kappa shape index (κ1) is 16.6. The molecule has 0 aliphatic heterocycles. The quantitative estimate of drug-likeness (QED) is 0.800. The molecule has 0 saturated heterocycles. The van der Waals surface area contributed by atoms with Crippen LogP contribution in [0.25, 0.3) is 0 Å². The predicted octanol–water partition coefficient (Wildman–Crippen LogP) is 4.24. The highest BCUT2D eigenvalue weighted by Gasteiger charge is 2.31. The zero-order valence-corrected chi connectivity index (χ0v) is 13.2. The maximum absolute atomic E-state index is 12.6. The lowest BCUT2D eigenvalue weighted by Gasteiger charge is -2.24. The van der Waals surface area contributed by atoms with Crippen molar-refractivity contribution in [3.63, 3.8) is 0 Å². The van der Waals surface area contributed by atoms with Gasteiger partial charge in [-0.05, 0) is 42.7 Å². The van der Waals surface area contributed by atoms with Crippen LogP contribution in [0.3, 0.4) is 0 Å². The minimum atomic E-state index is -4.31. The van der Waals surface area contributed by atoms with Crippen LogP contribution in [0, 0.1) is 0 Å². The number of anilines is 2. The molecule has 3 rings (SSSR count). The van der Waals surface area contributed by atoms with Crippen molar-refractivity contribution in [2.75, 3.05) is 17.5 Å². The highest BCUT2D eigenvalue weighted by Crippen LogP contribution is 2.33. The summed E-state index contributed by atoms with van der Waals surface area (Å²) >= 11 is 0. The predicted molar refractivity (Wildman–Crippen MR) is 85.5 cm³/mol. The topological polar surface area (TPSA) is 37.4 Å². The zero-order chi connectivity index (χ0) is 17.2. The summed E-state index contributed by atoms with van der Waals surface area (Å²) in [5, 5.41) is 0. The van der Waals surface area contributed by atoms with Gasteiger partial charge in [0.1, 0.15) is 5.82 Å². The first-order chi connectivity index (χ1) is 11.5. The second-order valence-electron chi connectivity index (χ2n) is 5.77. The average Bonchev–Trinajstić information content (AvgIpc) is 3.38. The number of pyridine rings is 1. The molecule has 1 N–H and O–H groups in total. The average molecular weight is 337 g/mol. The number of benzene rings is 1. The first-order valence-corrected chi connectivity index (χ1v) is 7.65. The van der Waals surface area contributed by atoms with Gasteiger partial charge in [-0.25, -0.2) is 4.98 Å². The number of aromatic nitrogens is 1. The number of rotatable bonds is 6. The molecular weight excluding hydrogens is 319 g/mol. The minimum absolute atomic E-state index is 0.390. The monoisotopic (exact) mass is 337 g/mol. The van der Waals surface area contributed by atoms with E-state index in [4.69, 9.17) is 4.84 Å². The molecule has 1 fully saturated rings. The molecule has 1 aliphatic rings. The van der Waals surface area contributed by atoms with Gasteiger partial charge in [0.25, 0.3) is 0 Å². The summed E-state index contributed by atoms with van der Waals surface area (Å²) in [4.78, 5) is 11.4. The van der Waals surface area contributed by atoms with Gasteiger partial charge in [-0.3, -0.25) is 10.3 Å².